The molecular formula is C15H21N3O3. The molecule has 0 spiro atoms. The molecule has 1 unspecified atom stereocenters. The molecule has 1 aliphatic heterocycles. The van der Waals surface area contributed by atoms with E-state index in [0.717, 1.165) is 25.8 Å². The van der Waals surface area contributed by atoms with Crippen LogP contribution in [0.1, 0.15) is 26.2 Å². The zero-order valence-electron chi connectivity index (χ0n) is 12.1. The van der Waals surface area contributed by atoms with Gasteiger partial charge in [0.25, 0.3) is 5.91 Å². The molecule has 21 heavy (non-hydrogen) atoms. The quantitative estimate of drug-likeness (QED) is 0.729. The third-order valence-corrected chi connectivity index (χ3v) is 3.78. The summed E-state index contributed by atoms with van der Waals surface area (Å²) >= 11 is 0. The van der Waals surface area contributed by atoms with Crippen LogP contribution in [-0.2, 0) is 9.59 Å². The van der Waals surface area contributed by atoms with Gasteiger partial charge in [-0.15, -0.1) is 0 Å². The molecule has 1 aromatic rings. The van der Waals surface area contributed by atoms with Gasteiger partial charge in [0.15, 0.2) is 6.61 Å². The molecule has 2 rings (SSSR count). The number of benzene rings is 1. The Labute approximate surface area is 124 Å². The highest BCUT2D eigenvalue weighted by molar-refractivity contribution is 5.98. The second-order valence-corrected chi connectivity index (χ2v) is 5.20. The van der Waals surface area contributed by atoms with Crippen LogP contribution < -0.4 is 21.1 Å². The maximum Gasteiger partial charge on any atom is 0.255 e. The van der Waals surface area contributed by atoms with Crippen molar-refractivity contribution in [1.82, 2.24) is 5.32 Å². The summed E-state index contributed by atoms with van der Waals surface area (Å²) in [6.45, 7) is 2.73. The lowest BCUT2D eigenvalue weighted by Crippen LogP contribution is -2.50. The fraction of sp³-hybridized carbons (Fsp3) is 0.467. The van der Waals surface area contributed by atoms with Crippen molar-refractivity contribution in [2.24, 2.45) is 5.73 Å². The first-order chi connectivity index (χ1) is 10.1. The minimum Gasteiger partial charge on any atom is -0.484 e. The highest BCUT2D eigenvalue weighted by Crippen LogP contribution is 2.25. The maximum absolute atomic E-state index is 12.4. The number of hydrogen-bond donors (Lipinski definition) is 3. The zero-order valence-corrected chi connectivity index (χ0v) is 12.1. The fourth-order valence-electron chi connectivity index (χ4n) is 2.50. The van der Waals surface area contributed by atoms with E-state index >= 15 is 0 Å². The van der Waals surface area contributed by atoms with Crippen molar-refractivity contribution in [3.05, 3.63) is 24.3 Å². The average Bonchev–Trinajstić information content (AvgIpc) is 2.96. The molecule has 1 atom stereocenters. The second kappa shape index (κ2) is 6.58. The van der Waals surface area contributed by atoms with Crippen LogP contribution in [0.4, 0.5) is 5.69 Å². The molecule has 1 heterocycles. The van der Waals surface area contributed by atoms with Crippen molar-refractivity contribution in [1.29, 1.82) is 0 Å². The molecule has 114 valence electrons. The highest BCUT2D eigenvalue weighted by Gasteiger charge is 2.38. The van der Waals surface area contributed by atoms with Crippen LogP contribution in [0.2, 0.25) is 0 Å². The smallest absolute Gasteiger partial charge is 0.255 e. The Kier molecular flexibility index (Phi) is 4.80. The van der Waals surface area contributed by atoms with Crippen molar-refractivity contribution in [3.63, 3.8) is 0 Å². The Bertz CT molecular complexity index is 507. The number of anilines is 1. The molecule has 6 nitrogen and oxygen atoms in total. The summed E-state index contributed by atoms with van der Waals surface area (Å²) in [5, 5.41) is 6.21. The minimum absolute atomic E-state index is 0.00620. The van der Waals surface area contributed by atoms with Gasteiger partial charge in [0, 0.05) is 5.69 Å². The lowest BCUT2D eigenvalue weighted by molar-refractivity contribution is -0.122. The van der Waals surface area contributed by atoms with Gasteiger partial charge in [-0.1, -0.05) is 6.92 Å². The summed E-state index contributed by atoms with van der Waals surface area (Å²) in [6.07, 6.45) is 2.63. The van der Waals surface area contributed by atoms with Gasteiger partial charge >= 0.3 is 0 Å². The number of carbonyl (C=O) groups excluding carboxylic acids is 2. The zero-order chi connectivity index (χ0) is 15.3. The minimum atomic E-state index is -0.524. The predicted molar refractivity (Wildman–Crippen MR) is 80.0 cm³/mol. The normalized spacial score (nSPS) is 21.0. The standard InChI is InChI=1S/C15H21N3O3/c1-2-15(8-3-9-17-15)14(20)18-11-4-6-12(7-5-11)21-10-13(16)19/h4-7,17H,2-3,8-10H2,1H3,(H2,16,19)(H,18,20). The van der Waals surface area contributed by atoms with E-state index in [2.05, 4.69) is 10.6 Å². The molecule has 0 aliphatic carbocycles. The van der Waals surface area contributed by atoms with E-state index in [1.165, 1.54) is 0 Å². The summed E-state index contributed by atoms with van der Waals surface area (Å²) < 4.78 is 5.17. The van der Waals surface area contributed by atoms with Gasteiger partial charge in [0.05, 0.1) is 5.54 Å². The molecule has 0 saturated carbocycles. The second-order valence-electron chi connectivity index (χ2n) is 5.20. The van der Waals surface area contributed by atoms with Crippen LogP contribution in [0.5, 0.6) is 5.75 Å². The Morgan fingerprint density at radius 3 is 2.62 bits per heavy atom. The summed E-state index contributed by atoms with van der Waals surface area (Å²) in [5.41, 5.74) is 5.25. The van der Waals surface area contributed by atoms with Crippen LogP contribution in [0.3, 0.4) is 0 Å². The van der Waals surface area contributed by atoms with E-state index in [-0.39, 0.29) is 12.5 Å². The summed E-state index contributed by atoms with van der Waals surface area (Å²) in [4.78, 5) is 23.0. The largest absolute Gasteiger partial charge is 0.484 e. The van der Waals surface area contributed by atoms with Crippen LogP contribution in [-0.4, -0.2) is 30.5 Å². The fourth-order valence-corrected chi connectivity index (χ4v) is 2.50. The first-order valence-electron chi connectivity index (χ1n) is 7.13. The first-order valence-corrected chi connectivity index (χ1v) is 7.13. The molecule has 0 aromatic heterocycles. The molecule has 1 aromatic carbocycles. The van der Waals surface area contributed by atoms with Crippen LogP contribution in [0, 0.1) is 0 Å². The topological polar surface area (TPSA) is 93.4 Å². The van der Waals surface area contributed by atoms with E-state index in [0.29, 0.717) is 11.4 Å². The lowest BCUT2D eigenvalue weighted by Gasteiger charge is -2.26. The first kappa shape index (κ1) is 15.3. The Hall–Kier alpha value is -2.08. The number of carbonyl (C=O) groups is 2. The molecule has 4 N–H and O–H groups in total. The molecule has 6 heteroatoms. The molecule has 0 bridgehead atoms. The maximum atomic E-state index is 12.4. The van der Waals surface area contributed by atoms with E-state index < -0.39 is 11.4 Å². The molecule has 1 saturated heterocycles. The van der Waals surface area contributed by atoms with Gasteiger partial charge in [0.2, 0.25) is 5.91 Å². The molecular weight excluding hydrogens is 270 g/mol. The van der Waals surface area contributed by atoms with Gasteiger partial charge in [-0.3, -0.25) is 9.59 Å². The van der Waals surface area contributed by atoms with Crippen molar-refractivity contribution in [3.8, 4) is 5.75 Å². The van der Waals surface area contributed by atoms with Gasteiger partial charge in [-0.05, 0) is 50.1 Å². The average molecular weight is 291 g/mol. The van der Waals surface area contributed by atoms with E-state index in [9.17, 15) is 9.59 Å². The van der Waals surface area contributed by atoms with Gasteiger partial charge in [-0.25, -0.2) is 0 Å². The van der Waals surface area contributed by atoms with E-state index in [1.807, 2.05) is 6.92 Å². The van der Waals surface area contributed by atoms with Crippen LogP contribution in [0.15, 0.2) is 24.3 Å². The van der Waals surface area contributed by atoms with Crippen molar-refractivity contribution >= 4 is 17.5 Å². The number of rotatable bonds is 6. The molecule has 1 aliphatic rings. The van der Waals surface area contributed by atoms with E-state index in [1.54, 1.807) is 24.3 Å². The third kappa shape index (κ3) is 3.72. The summed E-state index contributed by atoms with van der Waals surface area (Å²) in [7, 11) is 0. The highest BCUT2D eigenvalue weighted by atomic mass is 16.5. The number of amides is 2. The molecule has 2 amide bonds. The predicted octanol–water partition coefficient (Wildman–Crippen LogP) is 1.02. The number of nitrogens with two attached hydrogens (primary N) is 1. The third-order valence-electron chi connectivity index (χ3n) is 3.78. The van der Waals surface area contributed by atoms with E-state index in [4.69, 9.17) is 10.5 Å². The SMILES string of the molecule is CCC1(C(=O)Nc2ccc(OCC(N)=O)cc2)CCCN1. The molecule has 1 fully saturated rings. The van der Waals surface area contributed by atoms with Crippen molar-refractivity contribution in [2.45, 2.75) is 31.7 Å². The lowest BCUT2D eigenvalue weighted by atomic mass is 9.93. The Morgan fingerprint density at radius 2 is 2.10 bits per heavy atom. The van der Waals surface area contributed by atoms with Crippen LogP contribution >= 0.6 is 0 Å². The monoisotopic (exact) mass is 291 g/mol. The number of primary amides is 1. The number of hydrogen-bond acceptors (Lipinski definition) is 4. The van der Waals surface area contributed by atoms with Crippen molar-refractivity contribution in [2.75, 3.05) is 18.5 Å². The van der Waals surface area contributed by atoms with Crippen LogP contribution in [0.25, 0.3) is 0 Å². The summed E-state index contributed by atoms with van der Waals surface area (Å²) in [6, 6.07) is 6.87. The number of ether oxygens (including phenoxy) is 1. The van der Waals surface area contributed by atoms with Crippen molar-refractivity contribution < 1.29 is 14.3 Å². The molecule has 0 radical (unpaired) electrons. The Balaban J connectivity index is 1.96. The number of nitrogens with one attached hydrogen (secondary N) is 2. The van der Waals surface area contributed by atoms with Gasteiger partial charge in [0.1, 0.15) is 5.75 Å². The Morgan fingerprint density at radius 1 is 1.38 bits per heavy atom. The van der Waals surface area contributed by atoms with Gasteiger partial charge in [-0.2, -0.15) is 0 Å². The summed E-state index contributed by atoms with van der Waals surface area (Å²) in [5.74, 6) is 0.00822. The van der Waals surface area contributed by atoms with Gasteiger partial charge < -0.3 is 21.1 Å².